The molecule has 0 saturated carbocycles. The standard InChI is InChI=1S/C18H16BrNO4/c1-11-9-14-16(15(19)10-11)20(18(22)17(14)21)7-8-24-13-5-3-12(23-2)4-6-13/h3-6,9-10H,7-8H2,1-2H3. The number of carbonyl (C=O) groups is 2. The largest absolute Gasteiger partial charge is 0.497 e. The van der Waals surface area contributed by atoms with Crippen LogP contribution in [-0.2, 0) is 4.79 Å². The van der Waals surface area contributed by atoms with Gasteiger partial charge in [0.2, 0.25) is 0 Å². The van der Waals surface area contributed by atoms with Gasteiger partial charge in [0.05, 0.1) is 24.9 Å². The van der Waals surface area contributed by atoms with Crippen molar-refractivity contribution >= 4 is 33.3 Å². The molecular formula is C18H16BrNO4. The summed E-state index contributed by atoms with van der Waals surface area (Å²) in [5, 5.41) is 0. The summed E-state index contributed by atoms with van der Waals surface area (Å²) in [6.45, 7) is 2.47. The van der Waals surface area contributed by atoms with E-state index in [-0.39, 0.29) is 6.61 Å². The van der Waals surface area contributed by atoms with Crippen LogP contribution in [0.2, 0.25) is 0 Å². The van der Waals surface area contributed by atoms with Crippen molar-refractivity contribution in [3.63, 3.8) is 0 Å². The lowest BCUT2D eigenvalue weighted by Crippen LogP contribution is -2.33. The fourth-order valence-electron chi connectivity index (χ4n) is 2.66. The molecular weight excluding hydrogens is 374 g/mol. The Bertz CT molecular complexity index is 801. The van der Waals surface area contributed by atoms with Crippen molar-refractivity contribution in [3.8, 4) is 11.5 Å². The van der Waals surface area contributed by atoms with Crippen molar-refractivity contribution in [2.24, 2.45) is 0 Å². The Morgan fingerprint density at radius 1 is 1.08 bits per heavy atom. The number of hydrogen-bond donors (Lipinski definition) is 0. The van der Waals surface area contributed by atoms with Crippen molar-refractivity contribution < 1.29 is 19.1 Å². The minimum Gasteiger partial charge on any atom is -0.497 e. The van der Waals surface area contributed by atoms with Crippen molar-refractivity contribution in [3.05, 3.63) is 52.0 Å². The summed E-state index contributed by atoms with van der Waals surface area (Å²) in [6.07, 6.45) is 0. The van der Waals surface area contributed by atoms with Crippen molar-refractivity contribution in [1.82, 2.24) is 0 Å². The molecule has 0 aliphatic carbocycles. The fraction of sp³-hybridized carbons (Fsp3) is 0.222. The first-order valence-electron chi connectivity index (χ1n) is 7.44. The highest BCUT2D eigenvalue weighted by atomic mass is 79.9. The lowest BCUT2D eigenvalue weighted by atomic mass is 10.1. The molecule has 0 atom stereocenters. The average molecular weight is 390 g/mol. The molecule has 0 N–H and O–H groups in total. The molecule has 5 nitrogen and oxygen atoms in total. The fourth-order valence-corrected chi connectivity index (χ4v) is 3.45. The predicted molar refractivity (Wildman–Crippen MR) is 94.1 cm³/mol. The zero-order valence-electron chi connectivity index (χ0n) is 13.3. The number of fused-ring (bicyclic) bond motifs is 1. The molecule has 1 aliphatic rings. The third kappa shape index (κ3) is 3.01. The van der Waals surface area contributed by atoms with Crippen LogP contribution in [0.3, 0.4) is 0 Å². The van der Waals surface area contributed by atoms with Crippen LogP contribution in [0.25, 0.3) is 0 Å². The molecule has 0 saturated heterocycles. The zero-order chi connectivity index (χ0) is 17.3. The van der Waals surface area contributed by atoms with Gasteiger partial charge in [0.15, 0.2) is 0 Å². The zero-order valence-corrected chi connectivity index (χ0v) is 14.9. The molecule has 2 aromatic carbocycles. The van der Waals surface area contributed by atoms with E-state index in [2.05, 4.69) is 15.9 Å². The van der Waals surface area contributed by atoms with Crippen LogP contribution < -0.4 is 14.4 Å². The van der Waals surface area contributed by atoms with Gasteiger partial charge in [0.25, 0.3) is 11.7 Å². The minimum absolute atomic E-state index is 0.283. The molecule has 0 aromatic heterocycles. The van der Waals surface area contributed by atoms with Crippen LogP contribution in [0.5, 0.6) is 11.5 Å². The van der Waals surface area contributed by atoms with Gasteiger partial charge in [0, 0.05) is 4.47 Å². The van der Waals surface area contributed by atoms with Crippen LogP contribution >= 0.6 is 15.9 Å². The molecule has 0 fully saturated rings. The number of amides is 1. The molecule has 124 valence electrons. The number of methoxy groups -OCH3 is 1. The van der Waals surface area contributed by atoms with Crippen LogP contribution in [-0.4, -0.2) is 32.0 Å². The van der Waals surface area contributed by atoms with Crippen molar-refractivity contribution in [2.45, 2.75) is 6.92 Å². The highest BCUT2D eigenvalue weighted by Gasteiger charge is 2.37. The Labute approximate surface area is 148 Å². The van der Waals surface area contributed by atoms with Gasteiger partial charge >= 0.3 is 0 Å². The average Bonchev–Trinajstić information content (AvgIpc) is 2.81. The summed E-state index contributed by atoms with van der Waals surface area (Å²) >= 11 is 3.45. The topological polar surface area (TPSA) is 55.8 Å². The normalized spacial score (nSPS) is 13.2. The molecule has 6 heteroatoms. The third-order valence-electron chi connectivity index (χ3n) is 3.80. The summed E-state index contributed by atoms with van der Waals surface area (Å²) < 4.78 is 11.5. The number of nitrogens with zero attached hydrogens (tertiary/aromatic N) is 1. The summed E-state index contributed by atoms with van der Waals surface area (Å²) in [5.74, 6) is 0.432. The first-order chi connectivity index (χ1) is 11.5. The van der Waals surface area contributed by atoms with Crippen LogP contribution in [0.15, 0.2) is 40.9 Å². The Morgan fingerprint density at radius 2 is 1.75 bits per heavy atom. The summed E-state index contributed by atoms with van der Waals surface area (Å²) in [5.41, 5.74) is 1.99. The quantitative estimate of drug-likeness (QED) is 0.735. The number of halogens is 1. The molecule has 0 spiro atoms. The molecule has 1 heterocycles. The van der Waals surface area contributed by atoms with Crippen molar-refractivity contribution in [1.29, 1.82) is 0 Å². The summed E-state index contributed by atoms with van der Waals surface area (Å²) in [6, 6.07) is 10.8. The smallest absolute Gasteiger partial charge is 0.299 e. The predicted octanol–water partition coefficient (Wildman–Crippen LogP) is 3.37. The third-order valence-corrected chi connectivity index (χ3v) is 4.41. The Morgan fingerprint density at radius 3 is 2.42 bits per heavy atom. The van der Waals surface area contributed by atoms with E-state index in [0.717, 1.165) is 15.8 Å². The molecule has 1 amide bonds. The van der Waals surface area contributed by atoms with E-state index in [1.807, 2.05) is 13.0 Å². The Kier molecular flexibility index (Phi) is 4.57. The molecule has 0 bridgehead atoms. The molecule has 24 heavy (non-hydrogen) atoms. The SMILES string of the molecule is COc1ccc(OCCN2C(=O)C(=O)c3cc(C)cc(Br)c32)cc1. The first-order valence-corrected chi connectivity index (χ1v) is 8.23. The maximum atomic E-state index is 12.2. The van der Waals surface area contributed by atoms with E-state index in [1.54, 1.807) is 37.4 Å². The lowest BCUT2D eigenvalue weighted by Gasteiger charge is -2.18. The van der Waals surface area contributed by atoms with Crippen LogP contribution in [0, 0.1) is 6.92 Å². The van der Waals surface area contributed by atoms with Gasteiger partial charge in [-0.2, -0.15) is 0 Å². The van der Waals surface area contributed by atoms with Gasteiger partial charge in [-0.3, -0.25) is 9.59 Å². The number of ketones is 1. The van der Waals surface area contributed by atoms with Gasteiger partial charge < -0.3 is 14.4 Å². The van der Waals surface area contributed by atoms with Crippen LogP contribution in [0.4, 0.5) is 5.69 Å². The first kappa shape index (κ1) is 16.5. The summed E-state index contributed by atoms with van der Waals surface area (Å²) in [7, 11) is 1.60. The maximum Gasteiger partial charge on any atom is 0.299 e. The number of aryl methyl sites for hydroxylation is 1. The number of carbonyl (C=O) groups excluding carboxylic acids is 2. The van der Waals surface area contributed by atoms with Gasteiger partial charge in [-0.05, 0) is 64.8 Å². The highest BCUT2D eigenvalue weighted by molar-refractivity contribution is 9.10. The number of benzene rings is 2. The maximum absolute atomic E-state index is 12.2. The van der Waals surface area contributed by atoms with E-state index in [9.17, 15) is 9.59 Å². The molecule has 0 unspecified atom stereocenters. The number of anilines is 1. The Balaban J connectivity index is 1.72. The minimum atomic E-state index is -0.519. The van der Waals surface area contributed by atoms with Crippen molar-refractivity contribution in [2.75, 3.05) is 25.2 Å². The van der Waals surface area contributed by atoms with Crippen LogP contribution in [0.1, 0.15) is 15.9 Å². The summed E-state index contributed by atoms with van der Waals surface area (Å²) in [4.78, 5) is 25.8. The van der Waals surface area contributed by atoms with E-state index in [4.69, 9.17) is 9.47 Å². The number of ether oxygens (including phenoxy) is 2. The van der Waals surface area contributed by atoms with E-state index < -0.39 is 11.7 Å². The molecule has 2 aromatic rings. The highest BCUT2D eigenvalue weighted by Crippen LogP contribution is 2.37. The molecule has 1 aliphatic heterocycles. The van der Waals surface area contributed by atoms with E-state index in [1.165, 1.54) is 4.90 Å². The van der Waals surface area contributed by atoms with Gasteiger partial charge in [0.1, 0.15) is 18.1 Å². The number of rotatable bonds is 5. The molecule has 0 radical (unpaired) electrons. The second-order valence-electron chi connectivity index (χ2n) is 5.45. The Hall–Kier alpha value is -2.34. The van der Waals surface area contributed by atoms with Gasteiger partial charge in [-0.15, -0.1) is 0 Å². The monoisotopic (exact) mass is 389 g/mol. The number of hydrogen-bond acceptors (Lipinski definition) is 4. The second kappa shape index (κ2) is 6.65. The van der Waals surface area contributed by atoms with E-state index in [0.29, 0.717) is 23.5 Å². The second-order valence-corrected chi connectivity index (χ2v) is 6.31. The van der Waals surface area contributed by atoms with E-state index >= 15 is 0 Å². The van der Waals surface area contributed by atoms with Gasteiger partial charge in [-0.25, -0.2) is 0 Å². The van der Waals surface area contributed by atoms with Gasteiger partial charge in [-0.1, -0.05) is 0 Å². The number of Topliss-reactive ketones (excluding diaryl/α,β-unsaturated/α-hetero) is 1. The lowest BCUT2D eigenvalue weighted by molar-refractivity contribution is -0.114. The molecule has 3 rings (SSSR count).